The number of nitrogens with zero attached hydrogens (tertiary/aromatic N) is 3. The van der Waals surface area contributed by atoms with Crippen molar-refractivity contribution >= 4 is 5.91 Å². The van der Waals surface area contributed by atoms with Crippen molar-refractivity contribution in [1.82, 2.24) is 14.7 Å². The molecule has 0 saturated heterocycles. The zero-order valence-corrected chi connectivity index (χ0v) is 16.1. The van der Waals surface area contributed by atoms with E-state index in [1.165, 1.54) is 60.1 Å². The van der Waals surface area contributed by atoms with Gasteiger partial charge in [-0.25, -0.2) is 13.5 Å². The second-order valence-corrected chi connectivity index (χ2v) is 6.49. The Morgan fingerprint density at radius 1 is 1.14 bits per heavy atom. The van der Waals surface area contributed by atoms with Crippen LogP contribution in [0.2, 0.25) is 0 Å². The Hall–Kier alpha value is -3.55. The van der Waals surface area contributed by atoms with Crippen LogP contribution >= 0.6 is 0 Å². The predicted molar refractivity (Wildman–Crippen MR) is 103 cm³/mol. The summed E-state index contributed by atoms with van der Waals surface area (Å²) in [4.78, 5) is 26.4. The van der Waals surface area contributed by atoms with Crippen molar-refractivity contribution in [3.8, 4) is 11.4 Å². The number of hydrogen-bond donors (Lipinski definition) is 0. The molecule has 0 N–H and O–H groups in total. The molecule has 1 aromatic heterocycles. The molecule has 0 aliphatic heterocycles. The van der Waals surface area contributed by atoms with E-state index >= 15 is 0 Å². The summed E-state index contributed by atoms with van der Waals surface area (Å²) >= 11 is 0. The third-order valence-corrected chi connectivity index (χ3v) is 4.37. The fourth-order valence-electron chi connectivity index (χ4n) is 2.90. The van der Waals surface area contributed by atoms with Gasteiger partial charge in [0.15, 0.2) is 17.3 Å². The van der Waals surface area contributed by atoms with Gasteiger partial charge in [-0.1, -0.05) is 18.2 Å². The summed E-state index contributed by atoms with van der Waals surface area (Å²) in [5.41, 5.74) is 0.0966. The molecule has 6 nitrogen and oxygen atoms in total. The molecule has 0 bridgehead atoms. The van der Waals surface area contributed by atoms with Crippen molar-refractivity contribution in [2.45, 2.75) is 13.5 Å². The molecule has 3 rings (SSSR count). The van der Waals surface area contributed by atoms with Crippen LogP contribution in [-0.2, 0) is 6.54 Å². The maximum atomic E-state index is 14.2. The highest BCUT2D eigenvalue weighted by Crippen LogP contribution is 2.19. The summed E-state index contributed by atoms with van der Waals surface area (Å²) in [5.74, 6) is -1.65. The van der Waals surface area contributed by atoms with Crippen LogP contribution in [0, 0.1) is 18.6 Å². The van der Waals surface area contributed by atoms with Crippen LogP contribution in [0.25, 0.3) is 5.69 Å². The van der Waals surface area contributed by atoms with Gasteiger partial charge in [0.05, 0.1) is 7.11 Å². The molecule has 0 radical (unpaired) electrons. The second kappa shape index (κ2) is 8.22. The summed E-state index contributed by atoms with van der Waals surface area (Å²) < 4.78 is 34.1. The van der Waals surface area contributed by atoms with Gasteiger partial charge < -0.3 is 9.64 Å². The molecular weight excluding hydrogens is 380 g/mol. The highest BCUT2D eigenvalue weighted by Gasteiger charge is 2.20. The zero-order valence-electron chi connectivity index (χ0n) is 16.1. The lowest BCUT2D eigenvalue weighted by Crippen LogP contribution is -2.33. The van der Waals surface area contributed by atoms with E-state index < -0.39 is 23.0 Å². The van der Waals surface area contributed by atoms with E-state index in [1.54, 1.807) is 19.1 Å². The topological polar surface area (TPSA) is 64.4 Å². The van der Waals surface area contributed by atoms with Crippen molar-refractivity contribution in [1.29, 1.82) is 0 Å². The Bertz CT molecular complexity index is 1130. The third kappa shape index (κ3) is 4.16. The second-order valence-electron chi connectivity index (χ2n) is 6.49. The predicted octanol–water partition coefficient (Wildman–Crippen LogP) is 3.10. The highest BCUT2D eigenvalue weighted by atomic mass is 19.1. The molecule has 0 aliphatic rings. The van der Waals surface area contributed by atoms with Gasteiger partial charge in [0, 0.05) is 25.4 Å². The normalized spacial score (nSPS) is 10.7. The molecule has 2 aromatic carbocycles. The average molecular weight is 399 g/mol. The number of rotatable bonds is 5. The van der Waals surface area contributed by atoms with Crippen molar-refractivity contribution in [3.63, 3.8) is 0 Å². The smallest absolute Gasteiger partial charge is 0.278 e. The number of carbonyl (C=O) groups excluding carboxylic acids is 1. The summed E-state index contributed by atoms with van der Waals surface area (Å²) in [6.45, 7) is 1.65. The zero-order chi connectivity index (χ0) is 21.1. The van der Waals surface area contributed by atoms with Crippen LogP contribution in [0.15, 0.2) is 53.3 Å². The minimum atomic E-state index is -0.656. The Labute approximate surface area is 166 Å². The van der Waals surface area contributed by atoms with Crippen LogP contribution in [0.4, 0.5) is 8.78 Å². The fourth-order valence-corrected chi connectivity index (χ4v) is 2.90. The van der Waals surface area contributed by atoms with Gasteiger partial charge in [-0.15, -0.1) is 0 Å². The molecule has 0 saturated carbocycles. The summed E-state index contributed by atoms with van der Waals surface area (Å²) in [5, 5.41) is 4.09. The number of aromatic nitrogens is 2. The Balaban J connectivity index is 1.92. The number of carbonyl (C=O) groups is 1. The van der Waals surface area contributed by atoms with Crippen LogP contribution in [-0.4, -0.2) is 34.7 Å². The number of ether oxygens (including phenoxy) is 1. The third-order valence-electron chi connectivity index (χ3n) is 4.37. The maximum absolute atomic E-state index is 14.2. The van der Waals surface area contributed by atoms with Gasteiger partial charge in [0.1, 0.15) is 11.5 Å². The summed E-state index contributed by atoms with van der Waals surface area (Å²) in [6, 6.07) is 11.5. The number of aryl methyl sites for hydroxylation is 1. The Morgan fingerprint density at radius 2 is 1.86 bits per heavy atom. The lowest BCUT2D eigenvalue weighted by Gasteiger charge is -2.18. The molecule has 0 aliphatic carbocycles. The number of halogens is 2. The van der Waals surface area contributed by atoms with E-state index in [9.17, 15) is 18.4 Å². The van der Waals surface area contributed by atoms with Crippen LogP contribution < -0.4 is 10.2 Å². The SMILES string of the molecule is COc1ccc(CN(C)C(=O)c2nn(-c3ccccc3F)c(C)cc2=O)cc1F. The lowest BCUT2D eigenvalue weighted by molar-refractivity contribution is 0.0775. The van der Waals surface area contributed by atoms with E-state index in [2.05, 4.69) is 5.10 Å². The number of hydrogen-bond acceptors (Lipinski definition) is 4. The fraction of sp³-hybridized carbons (Fsp3) is 0.190. The quantitative estimate of drug-likeness (QED) is 0.661. The van der Waals surface area contributed by atoms with Gasteiger partial charge in [-0.3, -0.25) is 9.59 Å². The van der Waals surface area contributed by atoms with Crippen LogP contribution in [0.1, 0.15) is 21.7 Å². The summed E-state index contributed by atoms with van der Waals surface area (Å²) in [7, 11) is 2.83. The lowest BCUT2D eigenvalue weighted by atomic mass is 10.2. The van der Waals surface area contributed by atoms with Gasteiger partial charge in [0.2, 0.25) is 5.43 Å². The van der Waals surface area contributed by atoms with Gasteiger partial charge in [0.25, 0.3) is 5.91 Å². The first-order chi connectivity index (χ1) is 13.8. The monoisotopic (exact) mass is 399 g/mol. The average Bonchev–Trinajstić information content (AvgIpc) is 2.68. The van der Waals surface area contributed by atoms with E-state index in [0.29, 0.717) is 11.3 Å². The van der Waals surface area contributed by atoms with Crippen molar-refractivity contribution in [3.05, 3.63) is 87.3 Å². The Kier molecular flexibility index (Phi) is 5.72. The molecule has 8 heteroatoms. The van der Waals surface area contributed by atoms with Crippen LogP contribution in [0.3, 0.4) is 0 Å². The maximum Gasteiger partial charge on any atom is 0.278 e. The molecule has 0 unspecified atom stereocenters. The van der Waals surface area contributed by atoms with Gasteiger partial charge in [-0.2, -0.15) is 5.10 Å². The molecule has 150 valence electrons. The first-order valence-corrected chi connectivity index (χ1v) is 8.75. The van der Waals surface area contributed by atoms with E-state index in [4.69, 9.17) is 4.74 Å². The number of benzene rings is 2. The minimum Gasteiger partial charge on any atom is -0.494 e. The number of para-hydroxylation sites is 1. The minimum absolute atomic E-state index is 0.0500. The molecule has 0 fully saturated rings. The van der Waals surface area contributed by atoms with E-state index in [-0.39, 0.29) is 23.7 Å². The molecule has 0 spiro atoms. The standard InChI is InChI=1S/C21H19F2N3O3/c1-13-10-18(27)20(24-26(13)17-7-5-4-6-15(17)22)21(28)25(2)12-14-8-9-19(29-3)16(23)11-14/h4-11H,12H2,1-3H3. The van der Waals surface area contributed by atoms with Crippen molar-refractivity contribution in [2.24, 2.45) is 0 Å². The van der Waals surface area contributed by atoms with Gasteiger partial charge in [-0.05, 0) is 36.8 Å². The summed E-state index contributed by atoms with van der Waals surface area (Å²) in [6.07, 6.45) is 0. The molecule has 1 amide bonds. The molecule has 1 heterocycles. The highest BCUT2D eigenvalue weighted by molar-refractivity contribution is 5.91. The number of amides is 1. The van der Waals surface area contributed by atoms with Crippen LogP contribution in [0.5, 0.6) is 5.75 Å². The van der Waals surface area contributed by atoms with Crippen molar-refractivity contribution in [2.75, 3.05) is 14.2 Å². The number of methoxy groups -OCH3 is 1. The van der Waals surface area contributed by atoms with Gasteiger partial charge >= 0.3 is 0 Å². The largest absolute Gasteiger partial charge is 0.494 e. The first-order valence-electron chi connectivity index (χ1n) is 8.75. The van der Waals surface area contributed by atoms with E-state index in [0.717, 1.165) is 0 Å². The van der Waals surface area contributed by atoms with Crippen molar-refractivity contribution < 1.29 is 18.3 Å². The van der Waals surface area contributed by atoms with E-state index in [1.807, 2.05) is 0 Å². The molecule has 29 heavy (non-hydrogen) atoms. The first kappa shape index (κ1) is 20.2. The molecular formula is C21H19F2N3O3. The molecule has 3 aromatic rings. The Morgan fingerprint density at radius 3 is 2.52 bits per heavy atom. The molecule has 0 atom stereocenters.